The van der Waals surface area contributed by atoms with E-state index in [9.17, 15) is 9.59 Å². The van der Waals surface area contributed by atoms with Gasteiger partial charge in [0.05, 0.1) is 18.4 Å². The topological polar surface area (TPSA) is 59.1 Å². The van der Waals surface area contributed by atoms with E-state index in [0.717, 1.165) is 16.8 Å². The van der Waals surface area contributed by atoms with E-state index in [1.165, 1.54) is 7.11 Å². The fourth-order valence-electron chi connectivity index (χ4n) is 3.45. The van der Waals surface area contributed by atoms with Crippen molar-refractivity contribution in [1.29, 1.82) is 0 Å². The minimum Gasteiger partial charge on any atom is -0.466 e. The van der Waals surface area contributed by atoms with E-state index in [1.54, 1.807) is 42.3 Å². The maximum Gasteiger partial charge on any atom is 0.336 e. The van der Waals surface area contributed by atoms with Crippen LogP contribution in [-0.2, 0) is 24.7 Å². The molecule has 0 saturated carbocycles. The number of carbonyl (C=O) groups is 2. The second-order valence-corrected chi connectivity index (χ2v) is 6.69. The highest BCUT2D eigenvalue weighted by Crippen LogP contribution is 2.57. The van der Waals surface area contributed by atoms with Gasteiger partial charge in [-0.25, -0.2) is 4.79 Å². The van der Waals surface area contributed by atoms with Gasteiger partial charge in [0.25, 0.3) is 5.91 Å². The van der Waals surface area contributed by atoms with Crippen LogP contribution in [0, 0.1) is 0 Å². The number of fused-ring (bicyclic) bond motifs is 2. The van der Waals surface area contributed by atoms with Gasteiger partial charge in [0.2, 0.25) is 5.60 Å². The summed E-state index contributed by atoms with van der Waals surface area (Å²) in [4.78, 5) is 26.8. The zero-order chi connectivity index (χ0) is 18.5. The minimum atomic E-state index is -1.15. The van der Waals surface area contributed by atoms with Gasteiger partial charge >= 0.3 is 5.97 Å². The Hall–Kier alpha value is -2.63. The lowest BCUT2D eigenvalue weighted by atomic mass is 9.92. The Morgan fingerprint density at radius 3 is 2.62 bits per heavy atom. The number of para-hydroxylation sites is 1. The highest BCUT2D eigenvalue weighted by Gasteiger charge is 2.71. The molecule has 0 aliphatic carbocycles. The first-order valence-electron chi connectivity index (χ1n) is 8.10. The van der Waals surface area contributed by atoms with Gasteiger partial charge in [-0.2, -0.15) is 0 Å². The van der Waals surface area contributed by atoms with Crippen LogP contribution < -0.4 is 4.90 Å². The van der Waals surface area contributed by atoms with E-state index < -0.39 is 17.7 Å². The quantitative estimate of drug-likeness (QED) is 0.473. The van der Waals surface area contributed by atoms with E-state index >= 15 is 0 Å². The number of hydrogen-bond acceptors (Lipinski definition) is 4. The van der Waals surface area contributed by atoms with E-state index in [2.05, 4.69) is 0 Å². The van der Waals surface area contributed by atoms with Crippen LogP contribution in [0.2, 0.25) is 5.02 Å². The van der Waals surface area contributed by atoms with Crippen molar-refractivity contribution in [3.8, 4) is 0 Å². The lowest BCUT2D eigenvalue weighted by molar-refractivity contribution is -0.136. The fourth-order valence-corrected chi connectivity index (χ4v) is 3.58. The summed E-state index contributed by atoms with van der Waals surface area (Å²) in [6.45, 7) is 0. The highest BCUT2D eigenvalue weighted by molar-refractivity contribution is 6.30. The Kier molecular flexibility index (Phi) is 3.86. The number of benzene rings is 2. The number of anilines is 1. The van der Waals surface area contributed by atoms with Crippen LogP contribution in [0.5, 0.6) is 0 Å². The molecule has 2 heterocycles. The molecule has 2 aliphatic rings. The summed E-state index contributed by atoms with van der Waals surface area (Å²) in [5.41, 5.74) is 1.47. The van der Waals surface area contributed by atoms with Gasteiger partial charge in [0.1, 0.15) is 6.10 Å². The SMILES string of the molecule is COC(=O)/C(=C/c1ccc(Cl)cc1)[C@@H]1OC12C(=O)N(C)c1ccccc12. The Labute approximate surface area is 155 Å². The van der Waals surface area contributed by atoms with E-state index in [1.807, 2.05) is 24.3 Å². The molecule has 1 spiro atoms. The van der Waals surface area contributed by atoms with Crippen molar-refractivity contribution in [1.82, 2.24) is 0 Å². The van der Waals surface area contributed by atoms with Crippen LogP contribution in [-0.4, -0.2) is 32.1 Å². The number of epoxide rings is 1. The molecule has 0 radical (unpaired) electrons. The van der Waals surface area contributed by atoms with E-state index in [4.69, 9.17) is 21.1 Å². The summed E-state index contributed by atoms with van der Waals surface area (Å²) >= 11 is 5.92. The second-order valence-electron chi connectivity index (χ2n) is 6.26. The van der Waals surface area contributed by atoms with Gasteiger partial charge < -0.3 is 14.4 Å². The molecule has 132 valence electrons. The number of likely N-dealkylation sites (N-methyl/N-ethyl adjacent to an activating group) is 1. The maximum absolute atomic E-state index is 12.9. The van der Waals surface area contributed by atoms with Crippen molar-refractivity contribution in [2.24, 2.45) is 0 Å². The normalized spacial score (nSPS) is 24.0. The van der Waals surface area contributed by atoms with Gasteiger partial charge in [-0.1, -0.05) is 41.9 Å². The van der Waals surface area contributed by atoms with Gasteiger partial charge in [-0.15, -0.1) is 0 Å². The first-order valence-corrected chi connectivity index (χ1v) is 8.48. The van der Waals surface area contributed by atoms with Gasteiger partial charge in [0.15, 0.2) is 0 Å². The van der Waals surface area contributed by atoms with Gasteiger partial charge in [-0.05, 0) is 29.8 Å². The average molecular weight is 370 g/mol. The van der Waals surface area contributed by atoms with Crippen LogP contribution in [0.25, 0.3) is 6.08 Å². The zero-order valence-corrected chi connectivity index (χ0v) is 15.0. The molecule has 2 aromatic carbocycles. The molecule has 1 amide bonds. The Morgan fingerprint density at radius 2 is 1.92 bits per heavy atom. The number of rotatable bonds is 3. The summed E-state index contributed by atoms with van der Waals surface area (Å²) in [5.74, 6) is -0.712. The van der Waals surface area contributed by atoms with Crippen molar-refractivity contribution in [2.75, 3.05) is 19.1 Å². The van der Waals surface area contributed by atoms with Gasteiger partial charge in [-0.3, -0.25) is 4.79 Å². The molecule has 2 atom stereocenters. The third kappa shape index (κ3) is 2.35. The summed E-state index contributed by atoms with van der Waals surface area (Å²) in [6.07, 6.45) is 0.986. The molecular formula is C20H16ClNO4. The number of methoxy groups -OCH3 is 1. The number of halogens is 1. The van der Waals surface area contributed by atoms with Crippen LogP contribution >= 0.6 is 11.6 Å². The molecule has 0 aromatic heterocycles. The molecule has 2 aromatic rings. The summed E-state index contributed by atoms with van der Waals surface area (Å²) in [6, 6.07) is 14.5. The molecule has 1 fully saturated rings. The average Bonchev–Trinajstić information content (AvgIpc) is 3.37. The number of esters is 1. The zero-order valence-electron chi connectivity index (χ0n) is 14.2. The Morgan fingerprint density at radius 1 is 1.23 bits per heavy atom. The van der Waals surface area contributed by atoms with Crippen molar-refractivity contribution in [3.63, 3.8) is 0 Å². The molecule has 2 aliphatic heterocycles. The monoisotopic (exact) mass is 369 g/mol. The number of nitrogens with zero attached hydrogens (tertiary/aromatic N) is 1. The summed E-state index contributed by atoms with van der Waals surface area (Å²) < 4.78 is 10.8. The second kappa shape index (κ2) is 5.97. The third-order valence-corrected chi connectivity index (χ3v) is 5.05. The van der Waals surface area contributed by atoms with E-state index in [-0.39, 0.29) is 5.91 Å². The molecule has 5 nitrogen and oxygen atoms in total. The molecule has 1 unspecified atom stereocenters. The van der Waals surface area contributed by atoms with Crippen molar-refractivity contribution < 1.29 is 19.1 Å². The molecule has 1 saturated heterocycles. The fraction of sp³-hybridized carbons (Fsp3) is 0.200. The first-order chi connectivity index (χ1) is 12.5. The lowest BCUT2D eigenvalue weighted by Gasteiger charge is -2.09. The van der Waals surface area contributed by atoms with Gasteiger partial charge in [0, 0.05) is 17.6 Å². The largest absolute Gasteiger partial charge is 0.466 e. The lowest BCUT2D eigenvalue weighted by Crippen LogP contribution is -2.32. The Bertz CT molecular complexity index is 937. The smallest absolute Gasteiger partial charge is 0.336 e. The number of amides is 1. The van der Waals surface area contributed by atoms with Crippen LogP contribution in [0.4, 0.5) is 5.69 Å². The summed E-state index contributed by atoms with van der Waals surface area (Å²) in [5, 5.41) is 0.599. The molecule has 0 bridgehead atoms. The molecule has 26 heavy (non-hydrogen) atoms. The number of ether oxygens (including phenoxy) is 2. The predicted octanol–water partition coefficient (Wildman–Crippen LogP) is 3.17. The highest BCUT2D eigenvalue weighted by atomic mass is 35.5. The maximum atomic E-state index is 12.9. The first kappa shape index (κ1) is 16.8. The predicted molar refractivity (Wildman–Crippen MR) is 97.8 cm³/mol. The molecule has 4 rings (SSSR count). The number of carbonyl (C=O) groups excluding carboxylic acids is 2. The van der Waals surface area contributed by atoms with Crippen LogP contribution in [0.1, 0.15) is 11.1 Å². The molecular weight excluding hydrogens is 354 g/mol. The van der Waals surface area contributed by atoms with Crippen LogP contribution in [0.15, 0.2) is 54.1 Å². The summed E-state index contributed by atoms with van der Waals surface area (Å²) in [7, 11) is 3.01. The molecule has 6 heteroatoms. The number of hydrogen-bond donors (Lipinski definition) is 0. The molecule has 0 N–H and O–H groups in total. The van der Waals surface area contributed by atoms with E-state index in [0.29, 0.717) is 10.6 Å². The third-order valence-electron chi connectivity index (χ3n) is 4.80. The van der Waals surface area contributed by atoms with Crippen LogP contribution in [0.3, 0.4) is 0 Å². The standard InChI is InChI=1S/C20H16ClNO4/c1-22-16-6-4-3-5-15(16)20(19(22)24)17(26-20)14(18(23)25-2)11-12-7-9-13(21)10-8-12/h3-11,17H,1-2H3/b14-11+/t17-,20?/m0/s1. The minimum absolute atomic E-state index is 0.186. The Balaban J connectivity index is 1.77. The van der Waals surface area contributed by atoms with Crippen molar-refractivity contribution in [2.45, 2.75) is 11.7 Å². The van der Waals surface area contributed by atoms with Crippen molar-refractivity contribution in [3.05, 3.63) is 70.3 Å². The van der Waals surface area contributed by atoms with Crippen molar-refractivity contribution >= 4 is 35.2 Å².